The van der Waals surface area contributed by atoms with Crippen molar-refractivity contribution < 1.29 is 14.3 Å². The van der Waals surface area contributed by atoms with Crippen molar-refractivity contribution in [2.75, 3.05) is 5.33 Å². The number of halogens is 3. The number of nitrogens with one attached hydrogen (secondary N) is 1. The van der Waals surface area contributed by atoms with Crippen molar-refractivity contribution in [3.63, 3.8) is 0 Å². The summed E-state index contributed by atoms with van der Waals surface area (Å²) >= 11 is 10.7. The number of aliphatic carboxylic acids is 1. The van der Waals surface area contributed by atoms with Crippen molar-refractivity contribution >= 4 is 50.7 Å². The number of carboxylic acid groups (broad SMARTS) is 1. The third kappa shape index (κ3) is 3.22. The zero-order valence-corrected chi connectivity index (χ0v) is 15.1. The molecule has 0 saturated carbocycles. The molecule has 3 rings (SSSR count). The van der Waals surface area contributed by atoms with Gasteiger partial charge in [0.25, 0.3) is 0 Å². The van der Waals surface area contributed by atoms with Crippen molar-refractivity contribution in [3.05, 3.63) is 62.5 Å². The molecule has 0 saturated heterocycles. The van der Waals surface area contributed by atoms with Gasteiger partial charge >= 0.3 is 0 Å². The fourth-order valence-corrected chi connectivity index (χ4v) is 3.64. The van der Waals surface area contributed by atoms with Crippen molar-refractivity contribution in [1.29, 1.82) is 0 Å². The normalized spacial score (nSPS) is 17.5. The lowest BCUT2D eigenvalue weighted by Crippen LogP contribution is -2.38. The summed E-state index contributed by atoms with van der Waals surface area (Å²) in [6.07, 6.45) is 1.62. The van der Waals surface area contributed by atoms with E-state index in [1.165, 1.54) is 23.5 Å². The van der Waals surface area contributed by atoms with Gasteiger partial charge in [0.15, 0.2) is 10.8 Å². The van der Waals surface area contributed by atoms with Crippen LogP contribution in [0.2, 0.25) is 5.02 Å². The van der Waals surface area contributed by atoms with Gasteiger partial charge in [-0.3, -0.25) is 4.99 Å². The van der Waals surface area contributed by atoms with E-state index < -0.39 is 17.8 Å². The van der Waals surface area contributed by atoms with Crippen LogP contribution in [0.5, 0.6) is 0 Å². The summed E-state index contributed by atoms with van der Waals surface area (Å²) < 4.78 is 13.3. The van der Waals surface area contributed by atoms with Gasteiger partial charge in [-0.05, 0) is 12.1 Å². The molecule has 0 bridgehead atoms. The Labute approximate surface area is 154 Å². The molecule has 5 nitrogen and oxygen atoms in total. The SMILES string of the molecule is O=C([O-])C1=C(CBr)NC(c2nccs2)=N[C@H]1c1ccc(F)cc1Cl. The summed E-state index contributed by atoms with van der Waals surface area (Å²) in [4.78, 5) is 20.3. The summed E-state index contributed by atoms with van der Waals surface area (Å²) in [5.74, 6) is -1.46. The van der Waals surface area contributed by atoms with Crippen molar-refractivity contribution in [2.45, 2.75) is 6.04 Å². The number of carboxylic acids is 1. The van der Waals surface area contributed by atoms with E-state index in [9.17, 15) is 14.3 Å². The summed E-state index contributed by atoms with van der Waals surface area (Å²) in [7, 11) is 0. The van der Waals surface area contributed by atoms with Gasteiger partial charge in [-0.15, -0.1) is 11.3 Å². The van der Waals surface area contributed by atoms with Crippen LogP contribution < -0.4 is 10.4 Å². The number of alkyl halides is 1. The van der Waals surface area contributed by atoms with Gasteiger partial charge in [0.1, 0.15) is 11.9 Å². The molecule has 9 heteroatoms. The van der Waals surface area contributed by atoms with Gasteiger partial charge in [0.2, 0.25) is 0 Å². The first kappa shape index (κ1) is 17.1. The molecule has 1 aliphatic heterocycles. The number of nitrogens with zero attached hydrogens (tertiary/aromatic N) is 2. The number of allylic oxidation sites excluding steroid dienone is 1. The second kappa shape index (κ2) is 7.00. The lowest BCUT2D eigenvalue weighted by Gasteiger charge is -2.28. The van der Waals surface area contributed by atoms with Gasteiger partial charge in [-0.1, -0.05) is 33.6 Å². The molecule has 0 amide bonds. The Bertz CT molecular complexity index is 854. The van der Waals surface area contributed by atoms with Gasteiger partial charge in [-0.2, -0.15) is 0 Å². The molecular weight excluding hydrogens is 421 g/mol. The minimum atomic E-state index is -1.37. The Balaban J connectivity index is 2.17. The van der Waals surface area contributed by atoms with Crippen LogP contribution >= 0.6 is 38.9 Å². The molecule has 24 heavy (non-hydrogen) atoms. The van der Waals surface area contributed by atoms with Crippen LogP contribution in [0.3, 0.4) is 0 Å². The number of benzene rings is 1. The predicted molar refractivity (Wildman–Crippen MR) is 91.8 cm³/mol. The van der Waals surface area contributed by atoms with Crippen LogP contribution in [0.25, 0.3) is 0 Å². The van der Waals surface area contributed by atoms with E-state index in [2.05, 4.69) is 31.2 Å². The second-order valence-electron chi connectivity index (χ2n) is 4.82. The van der Waals surface area contributed by atoms with Crippen LogP contribution in [-0.4, -0.2) is 22.1 Å². The fraction of sp³-hybridized carbons (Fsp3) is 0.133. The lowest BCUT2D eigenvalue weighted by molar-refractivity contribution is -0.299. The third-order valence-corrected chi connectivity index (χ3v) is 5.04. The summed E-state index contributed by atoms with van der Waals surface area (Å²) in [6.45, 7) is 0. The van der Waals surface area contributed by atoms with Crippen LogP contribution in [0.15, 0.2) is 46.0 Å². The highest BCUT2D eigenvalue weighted by Gasteiger charge is 2.29. The number of carbonyl (C=O) groups is 1. The molecule has 1 aromatic heterocycles. The molecule has 1 aliphatic rings. The van der Waals surface area contributed by atoms with Crippen LogP contribution in [-0.2, 0) is 4.79 Å². The van der Waals surface area contributed by atoms with E-state index >= 15 is 0 Å². The minimum absolute atomic E-state index is 0.0549. The Hall–Kier alpha value is -1.77. The summed E-state index contributed by atoms with van der Waals surface area (Å²) in [5, 5.41) is 17.3. The first-order valence-corrected chi connectivity index (χ1v) is 9.09. The van der Waals surface area contributed by atoms with Gasteiger partial charge < -0.3 is 15.2 Å². The zero-order chi connectivity index (χ0) is 17.3. The molecule has 1 N–H and O–H groups in total. The van der Waals surface area contributed by atoms with E-state index in [1.54, 1.807) is 11.6 Å². The minimum Gasteiger partial charge on any atom is -0.545 e. The molecule has 0 radical (unpaired) electrons. The monoisotopic (exact) mass is 428 g/mol. The number of carbonyl (C=O) groups excluding carboxylic acids is 1. The number of amidine groups is 1. The highest BCUT2D eigenvalue weighted by Crippen LogP contribution is 2.36. The molecule has 0 spiro atoms. The van der Waals surface area contributed by atoms with Crippen LogP contribution in [0, 0.1) is 5.82 Å². The van der Waals surface area contributed by atoms with Crippen molar-refractivity contribution in [1.82, 2.24) is 10.3 Å². The number of rotatable bonds is 4. The molecular formula is C15H9BrClFN3O2S-. The molecule has 2 heterocycles. The van der Waals surface area contributed by atoms with Crippen LogP contribution in [0.1, 0.15) is 16.6 Å². The predicted octanol–water partition coefficient (Wildman–Crippen LogP) is 2.43. The fourth-order valence-electron chi connectivity index (χ4n) is 2.34. The van der Waals surface area contributed by atoms with Gasteiger partial charge in [-0.25, -0.2) is 9.37 Å². The van der Waals surface area contributed by atoms with Gasteiger partial charge in [0, 0.05) is 38.8 Å². The average Bonchev–Trinajstić information content (AvgIpc) is 3.08. The number of thiazole rings is 1. The van der Waals surface area contributed by atoms with Crippen molar-refractivity contribution in [3.8, 4) is 0 Å². The van der Waals surface area contributed by atoms with E-state index in [-0.39, 0.29) is 15.9 Å². The molecule has 1 atom stereocenters. The second-order valence-corrected chi connectivity index (χ2v) is 6.68. The highest BCUT2D eigenvalue weighted by molar-refractivity contribution is 9.09. The summed E-state index contributed by atoms with van der Waals surface area (Å²) in [6, 6.07) is 2.84. The van der Waals surface area contributed by atoms with Gasteiger partial charge in [0.05, 0.1) is 5.97 Å². The maximum atomic E-state index is 13.3. The lowest BCUT2D eigenvalue weighted by atomic mass is 9.96. The maximum Gasteiger partial charge on any atom is 0.163 e. The first-order chi connectivity index (χ1) is 11.5. The standard InChI is InChI=1S/C15H10BrClFN3O2S/c16-6-10-11(15(22)23)12(8-2-1-7(18)5-9(8)17)21-13(20-10)14-19-3-4-24-14/h1-5,12H,6H2,(H,20,21)(H,22,23)/p-1/t12-/m0/s1. The smallest absolute Gasteiger partial charge is 0.163 e. The topological polar surface area (TPSA) is 77.4 Å². The molecule has 2 aromatic rings. The zero-order valence-electron chi connectivity index (χ0n) is 11.9. The maximum absolute atomic E-state index is 13.3. The van der Waals surface area contributed by atoms with E-state index in [0.29, 0.717) is 22.1 Å². The largest absolute Gasteiger partial charge is 0.545 e. The molecule has 0 unspecified atom stereocenters. The van der Waals surface area contributed by atoms with Crippen molar-refractivity contribution in [2.24, 2.45) is 4.99 Å². The quantitative estimate of drug-likeness (QED) is 0.757. The average molecular weight is 430 g/mol. The highest BCUT2D eigenvalue weighted by atomic mass is 79.9. The number of aliphatic imine (C=N–C) groups is 1. The first-order valence-electron chi connectivity index (χ1n) is 6.71. The Morgan fingerprint density at radius 2 is 2.29 bits per heavy atom. The number of aromatic nitrogens is 1. The summed E-state index contributed by atoms with van der Waals surface area (Å²) in [5.41, 5.74) is 0.715. The number of hydrogen-bond donors (Lipinski definition) is 1. The van der Waals surface area contributed by atoms with E-state index in [1.807, 2.05) is 0 Å². The van der Waals surface area contributed by atoms with Crippen LogP contribution in [0.4, 0.5) is 4.39 Å². The molecule has 0 aliphatic carbocycles. The Morgan fingerprint density at radius 1 is 1.50 bits per heavy atom. The molecule has 124 valence electrons. The van der Waals surface area contributed by atoms with E-state index in [0.717, 1.165) is 6.07 Å². The Kier molecular flexibility index (Phi) is 4.98. The molecule has 0 fully saturated rings. The Morgan fingerprint density at radius 3 is 2.88 bits per heavy atom. The number of hydrogen-bond acceptors (Lipinski definition) is 6. The third-order valence-electron chi connectivity index (χ3n) is 3.37. The van der Waals surface area contributed by atoms with E-state index in [4.69, 9.17) is 11.6 Å². The molecule has 1 aromatic carbocycles.